The summed E-state index contributed by atoms with van der Waals surface area (Å²) in [6.07, 6.45) is 1.00. The van der Waals surface area contributed by atoms with E-state index >= 15 is 0 Å². The zero-order valence-electron chi connectivity index (χ0n) is 15.0. The van der Waals surface area contributed by atoms with Crippen LogP contribution in [0.25, 0.3) is 0 Å². The molecule has 3 atom stereocenters. The van der Waals surface area contributed by atoms with E-state index in [1.807, 2.05) is 0 Å². The van der Waals surface area contributed by atoms with E-state index in [0.29, 0.717) is 10.7 Å². The van der Waals surface area contributed by atoms with Crippen LogP contribution in [-0.2, 0) is 9.59 Å². The number of imide groups is 1. The Morgan fingerprint density at radius 1 is 0.926 bits per heavy atom. The minimum Gasteiger partial charge on any atom is -0.274 e. The van der Waals surface area contributed by atoms with Crippen molar-refractivity contribution < 1.29 is 9.59 Å². The average molecular weight is 382 g/mol. The summed E-state index contributed by atoms with van der Waals surface area (Å²) in [5.41, 5.74) is 2.83. The zero-order valence-corrected chi connectivity index (χ0v) is 15.8. The maximum Gasteiger partial charge on any atom is 0.253 e. The molecule has 2 aromatic rings. The van der Waals surface area contributed by atoms with Crippen molar-refractivity contribution in [3.05, 3.63) is 64.7 Å². The second-order valence-electron chi connectivity index (χ2n) is 7.50. The van der Waals surface area contributed by atoms with Gasteiger partial charge in [-0.3, -0.25) is 9.59 Å². The zero-order chi connectivity index (χ0) is 18.7. The summed E-state index contributed by atoms with van der Waals surface area (Å²) in [6, 6.07) is 14.7. The Balaban J connectivity index is 1.59. The molecule has 0 radical (unpaired) electrons. The highest BCUT2D eigenvalue weighted by Gasteiger charge is 2.62. The lowest BCUT2D eigenvalue weighted by atomic mass is 9.89. The van der Waals surface area contributed by atoms with Gasteiger partial charge in [-0.1, -0.05) is 47.5 Å². The number of nitrogens with zero attached hydrogens (tertiary/aromatic N) is 3. The van der Waals surface area contributed by atoms with Gasteiger partial charge in [0.1, 0.15) is 6.04 Å². The Morgan fingerprint density at radius 3 is 2.33 bits per heavy atom. The van der Waals surface area contributed by atoms with Gasteiger partial charge in [0.15, 0.2) is 0 Å². The Labute approximate surface area is 163 Å². The fraction of sp³-hybridized carbons (Fsp3) is 0.333. The molecule has 3 aliphatic rings. The lowest BCUT2D eigenvalue weighted by molar-refractivity contribution is -0.126. The first-order valence-corrected chi connectivity index (χ1v) is 9.67. The summed E-state index contributed by atoms with van der Waals surface area (Å²) in [6.45, 7) is 3.74. The van der Waals surface area contributed by atoms with Gasteiger partial charge in [0.25, 0.3) is 5.91 Å². The number of benzene rings is 2. The molecule has 0 spiro atoms. The number of fused-ring (bicyclic) bond motifs is 3. The number of hydrogen-bond acceptors (Lipinski definition) is 4. The maximum atomic E-state index is 13.4. The molecule has 2 amide bonds. The predicted molar refractivity (Wildman–Crippen MR) is 103 cm³/mol. The predicted octanol–water partition coefficient (Wildman–Crippen LogP) is 3.18. The third-order valence-corrected chi connectivity index (χ3v) is 6.13. The summed E-state index contributed by atoms with van der Waals surface area (Å²) in [5, 5.41) is 4.86. The number of hydrogen-bond donors (Lipinski definition) is 0. The van der Waals surface area contributed by atoms with Crippen LogP contribution in [-0.4, -0.2) is 41.0 Å². The van der Waals surface area contributed by atoms with Crippen LogP contribution in [0.3, 0.4) is 0 Å². The van der Waals surface area contributed by atoms with Crippen molar-refractivity contribution in [2.24, 2.45) is 5.92 Å². The van der Waals surface area contributed by atoms with E-state index in [9.17, 15) is 9.59 Å². The molecule has 0 aromatic heterocycles. The van der Waals surface area contributed by atoms with Crippen molar-refractivity contribution in [1.82, 2.24) is 10.0 Å². The van der Waals surface area contributed by atoms with Crippen LogP contribution in [0.4, 0.5) is 5.69 Å². The maximum absolute atomic E-state index is 13.4. The highest BCUT2D eigenvalue weighted by molar-refractivity contribution is 6.31. The van der Waals surface area contributed by atoms with Crippen molar-refractivity contribution in [3.63, 3.8) is 0 Å². The van der Waals surface area contributed by atoms with Gasteiger partial charge in [0.05, 0.1) is 17.6 Å². The second-order valence-corrected chi connectivity index (χ2v) is 7.93. The number of hydrazine groups is 1. The molecule has 2 aromatic carbocycles. The van der Waals surface area contributed by atoms with Crippen LogP contribution in [0.15, 0.2) is 48.5 Å². The lowest BCUT2D eigenvalue weighted by Crippen LogP contribution is -2.44. The van der Waals surface area contributed by atoms with Gasteiger partial charge in [-0.15, -0.1) is 0 Å². The van der Waals surface area contributed by atoms with Gasteiger partial charge in [-0.2, -0.15) is 0 Å². The molecule has 3 fully saturated rings. The van der Waals surface area contributed by atoms with Crippen LogP contribution < -0.4 is 4.90 Å². The van der Waals surface area contributed by atoms with Crippen LogP contribution in [0, 0.1) is 12.8 Å². The molecular weight excluding hydrogens is 362 g/mol. The third-order valence-electron chi connectivity index (χ3n) is 5.89. The molecule has 6 heteroatoms. The van der Waals surface area contributed by atoms with E-state index in [1.54, 1.807) is 24.3 Å². The number of rotatable bonds is 2. The first kappa shape index (κ1) is 16.9. The molecule has 3 saturated heterocycles. The Hall–Kier alpha value is -2.21. The van der Waals surface area contributed by atoms with Gasteiger partial charge >= 0.3 is 0 Å². The van der Waals surface area contributed by atoms with Crippen molar-refractivity contribution >= 4 is 29.1 Å². The van der Waals surface area contributed by atoms with Crippen LogP contribution in [0.5, 0.6) is 0 Å². The molecule has 138 valence electrons. The normalized spacial score (nSPS) is 28.1. The van der Waals surface area contributed by atoms with Gasteiger partial charge in [0, 0.05) is 18.1 Å². The van der Waals surface area contributed by atoms with Gasteiger partial charge in [-0.05, 0) is 37.1 Å². The number of aryl methyl sites for hydroxylation is 1. The highest BCUT2D eigenvalue weighted by atomic mass is 35.5. The van der Waals surface area contributed by atoms with Crippen molar-refractivity contribution in [3.8, 4) is 0 Å². The summed E-state index contributed by atoms with van der Waals surface area (Å²) >= 11 is 6.10. The molecule has 3 aliphatic heterocycles. The van der Waals surface area contributed by atoms with Crippen molar-refractivity contribution in [2.45, 2.75) is 25.4 Å². The fourth-order valence-electron chi connectivity index (χ4n) is 4.75. The van der Waals surface area contributed by atoms with Crippen LogP contribution in [0.2, 0.25) is 5.02 Å². The van der Waals surface area contributed by atoms with E-state index in [1.165, 1.54) is 10.5 Å². The molecule has 0 bridgehead atoms. The fourth-order valence-corrected chi connectivity index (χ4v) is 4.93. The molecule has 27 heavy (non-hydrogen) atoms. The van der Waals surface area contributed by atoms with E-state index in [-0.39, 0.29) is 23.8 Å². The van der Waals surface area contributed by atoms with E-state index < -0.39 is 6.04 Å². The summed E-state index contributed by atoms with van der Waals surface area (Å²) < 4.78 is 0. The first-order chi connectivity index (χ1) is 13.1. The monoisotopic (exact) mass is 381 g/mol. The smallest absolute Gasteiger partial charge is 0.253 e. The molecule has 0 unspecified atom stereocenters. The third kappa shape index (κ3) is 2.46. The number of anilines is 1. The summed E-state index contributed by atoms with van der Waals surface area (Å²) in [5.74, 6) is -0.666. The summed E-state index contributed by atoms with van der Waals surface area (Å²) in [4.78, 5) is 28.0. The van der Waals surface area contributed by atoms with Crippen molar-refractivity contribution in [2.75, 3.05) is 18.0 Å². The molecule has 0 N–H and O–H groups in total. The Bertz CT molecular complexity index is 929. The first-order valence-electron chi connectivity index (χ1n) is 9.29. The van der Waals surface area contributed by atoms with Crippen LogP contribution >= 0.6 is 11.6 Å². The molecule has 0 aliphatic carbocycles. The number of carbonyl (C=O) groups is 2. The Morgan fingerprint density at radius 2 is 1.63 bits per heavy atom. The topological polar surface area (TPSA) is 43.9 Å². The van der Waals surface area contributed by atoms with Crippen molar-refractivity contribution in [1.29, 1.82) is 0 Å². The highest BCUT2D eigenvalue weighted by Crippen LogP contribution is 2.48. The SMILES string of the molecule is Cc1ccc([C@H]2[C@H]3C(=O)N(c4cccc(Cl)c4)C(=O)[C@H]3N3CCCN23)cc1. The number of halogens is 1. The Kier molecular flexibility index (Phi) is 3.86. The number of carbonyl (C=O) groups excluding carboxylic acids is 2. The minimum absolute atomic E-state index is 0.0984. The molecule has 0 saturated carbocycles. The van der Waals surface area contributed by atoms with E-state index in [0.717, 1.165) is 25.1 Å². The molecule has 5 nitrogen and oxygen atoms in total. The molecule has 5 rings (SSSR count). The van der Waals surface area contributed by atoms with Gasteiger partial charge < -0.3 is 0 Å². The molecule has 3 heterocycles. The molecular formula is C21H20ClN3O2. The minimum atomic E-state index is -0.426. The number of amides is 2. The lowest BCUT2D eigenvalue weighted by Gasteiger charge is -2.29. The van der Waals surface area contributed by atoms with Crippen LogP contribution in [0.1, 0.15) is 23.6 Å². The van der Waals surface area contributed by atoms with E-state index in [4.69, 9.17) is 11.6 Å². The second kappa shape index (κ2) is 6.16. The standard InChI is InChI=1S/C21H20ClN3O2/c1-13-6-8-14(9-7-13)18-17-19(24-11-3-10-23(18)24)21(27)25(20(17)26)16-5-2-4-15(22)12-16/h2,4-9,12,17-19H,3,10-11H2,1H3/t17-,18+,19+/m1/s1. The summed E-state index contributed by atoms with van der Waals surface area (Å²) in [7, 11) is 0. The van der Waals surface area contributed by atoms with E-state index in [2.05, 4.69) is 41.2 Å². The quantitative estimate of drug-likeness (QED) is 0.749. The average Bonchev–Trinajstić information content (AvgIpc) is 3.28. The largest absolute Gasteiger partial charge is 0.274 e. The van der Waals surface area contributed by atoms with Gasteiger partial charge in [0.2, 0.25) is 5.91 Å². The van der Waals surface area contributed by atoms with Gasteiger partial charge in [-0.25, -0.2) is 14.9 Å².